The highest BCUT2D eigenvalue weighted by Crippen LogP contribution is 2.30. The fourth-order valence-corrected chi connectivity index (χ4v) is 4.43. The van der Waals surface area contributed by atoms with Gasteiger partial charge in [0, 0.05) is 12.2 Å². The average molecular weight is 609 g/mol. The molecule has 0 bridgehead atoms. The first-order chi connectivity index (χ1) is 21.0. The highest BCUT2D eigenvalue weighted by molar-refractivity contribution is 5.99. The summed E-state index contributed by atoms with van der Waals surface area (Å²) in [7, 11) is 2.92. The minimum Gasteiger partial charge on any atom is -0.493 e. The van der Waals surface area contributed by atoms with Crippen molar-refractivity contribution in [1.29, 1.82) is 0 Å². The van der Waals surface area contributed by atoms with Crippen molar-refractivity contribution in [3.63, 3.8) is 0 Å². The van der Waals surface area contributed by atoms with Crippen LogP contribution in [-0.2, 0) is 20.8 Å². The molecule has 0 heterocycles. The minimum atomic E-state index is -1.13. The van der Waals surface area contributed by atoms with Crippen LogP contribution in [0, 0.1) is 11.7 Å². The van der Waals surface area contributed by atoms with Crippen LogP contribution in [0.2, 0.25) is 0 Å². The monoisotopic (exact) mass is 608 g/mol. The van der Waals surface area contributed by atoms with Crippen LogP contribution in [0.4, 0.5) is 20.6 Å². The Morgan fingerprint density at radius 1 is 0.886 bits per heavy atom. The summed E-state index contributed by atoms with van der Waals surface area (Å²) >= 11 is 0. The molecule has 12 heteroatoms. The third kappa shape index (κ3) is 9.72. The molecule has 0 saturated heterocycles. The second-order valence-corrected chi connectivity index (χ2v) is 10.4. The first-order valence-corrected chi connectivity index (χ1v) is 13.9. The van der Waals surface area contributed by atoms with Gasteiger partial charge in [0.2, 0.25) is 11.8 Å². The summed E-state index contributed by atoms with van der Waals surface area (Å²) in [5.41, 5.74) is 1.52. The SMILES string of the molecule is COc1ccc(C(CNC(=O)[C@H](CC(C)C)NC(=O)Cc2ccc(NC(=O)Nc3ccccc3F)cc2)C(=O)O)cc1OC. The Bertz CT molecular complexity index is 1460. The number of carbonyl (C=O) groups excluding carboxylic acids is 3. The lowest BCUT2D eigenvalue weighted by atomic mass is 9.97. The van der Waals surface area contributed by atoms with E-state index < -0.39 is 41.6 Å². The zero-order valence-electron chi connectivity index (χ0n) is 25.0. The summed E-state index contributed by atoms with van der Waals surface area (Å²) < 4.78 is 24.2. The van der Waals surface area contributed by atoms with Crippen molar-refractivity contribution in [3.8, 4) is 11.5 Å². The molecule has 44 heavy (non-hydrogen) atoms. The molecule has 5 N–H and O–H groups in total. The molecule has 2 atom stereocenters. The minimum absolute atomic E-state index is 0.0347. The zero-order chi connectivity index (χ0) is 32.2. The number of nitrogens with one attached hydrogen (secondary N) is 4. The van der Waals surface area contributed by atoms with Crippen LogP contribution < -0.4 is 30.7 Å². The number of halogens is 1. The van der Waals surface area contributed by atoms with E-state index >= 15 is 0 Å². The summed E-state index contributed by atoms with van der Waals surface area (Å²) in [4.78, 5) is 50.2. The second-order valence-electron chi connectivity index (χ2n) is 10.4. The van der Waals surface area contributed by atoms with E-state index in [0.717, 1.165) is 0 Å². The van der Waals surface area contributed by atoms with Gasteiger partial charge in [0.25, 0.3) is 0 Å². The van der Waals surface area contributed by atoms with E-state index in [9.17, 15) is 28.7 Å². The van der Waals surface area contributed by atoms with Gasteiger partial charge in [0.1, 0.15) is 11.9 Å². The fraction of sp³-hybridized carbons (Fsp3) is 0.312. The number of hydrogen-bond acceptors (Lipinski definition) is 6. The van der Waals surface area contributed by atoms with Gasteiger partial charge >= 0.3 is 12.0 Å². The normalized spacial score (nSPS) is 12.0. The predicted octanol–water partition coefficient (Wildman–Crippen LogP) is 4.54. The molecule has 1 unspecified atom stereocenters. The number of carbonyl (C=O) groups is 4. The molecule has 0 saturated carbocycles. The Kier molecular flexibility index (Phi) is 12.1. The van der Waals surface area contributed by atoms with Crippen LogP contribution in [0.5, 0.6) is 11.5 Å². The van der Waals surface area contributed by atoms with Crippen molar-refractivity contribution < 1.29 is 38.1 Å². The molecule has 3 rings (SSSR count). The summed E-state index contributed by atoms with van der Waals surface area (Å²) in [5, 5.41) is 20.3. The summed E-state index contributed by atoms with van der Waals surface area (Å²) in [6.45, 7) is 3.61. The Balaban J connectivity index is 1.58. The van der Waals surface area contributed by atoms with Crippen LogP contribution in [0.1, 0.15) is 37.3 Å². The molecule has 234 valence electrons. The van der Waals surface area contributed by atoms with Crippen LogP contribution in [0.15, 0.2) is 66.7 Å². The smallest absolute Gasteiger partial charge is 0.323 e. The van der Waals surface area contributed by atoms with Crippen molar-refractivity contribution in [3.05, 3.63) is 83.7 Å². The van der Waals surface area contributed by atoms with Crippen LogP contribution in [0.25, 0.3) is 0 Å². The largest absolute Gasteiger partial charge is 0.493 e. The van der Waals surface area contributed by atoms with E-state index in [-0.39, 0.29) is 24.6 Å². The molecule has 3 aromatic rings. The lowest BCUT2D eigenvalue weighted by Crippen LogP contribution is -2.49. The van der Waals surface area contributed by atoms with Gasteiger partial charge in [-0.25, -0.2) is 9.18 Å². The number of para-hydroxylation sites is 1. The average Bonchev–Trinajstić information content (AvgIpc) is 2.98. The van der Waals surface area contributed by atoms with Gasteiger partial charge in [-0.15, -0.1) is 0 Å². The number of benzene rings is 3. The summed E-state index contributed by atoms with van der Waals surface area (Å²) in [6, 6.07) is 15.5. The third-order valence-corrected chi connectivity index (χ3v) is 6.65. The molecule has 4 amide bonds. The fourth-order valence-electron chi connectivity index (χ4n) is 4.43. The van der Waals surface area contributed by atoms with E-state index in [4.69, 9.17) is 9.47 Å². The molecule has 0 aromatic heterocycles. The molecule has 0 aliphatic rings. The maximum Gasteiger partial charge on any atom is 0.323 e. The van der Waals surface area contributed by atoms with Crippen molar-refractivity contribution >= 4 is 35.2 Å². The number of anilines is 2. The van der Waals surface area contributed by atoms with E-state index in [2.05, 4.69) is 21.3 Å². The predicted molar refractivity (Wildman–Crippen MR) is 164 cm³/mol. The molecular weight excluding hydrogens is 571 g/mol. The first-order valence-electron chi connectivity index (χ1n) is 13.9. The zero-order valence-corrected chi connectivity index (χ0v) is 25.0. The maximum absolute atomic E-state index is 13.8. The molecule has 3 aromatic carbocycles. The van der Waals surface area contributed by atoms with Gasteiger partial charge in [-0.2, -0.15) is 0 Å². The van der Waals surface area contributed by atoms with Gasteiger partial charge in [-0.3, -0.25) is 14.4 Å². The number of carboxylic acid groups (broad SMARTS) is 1. The molecular formula is C32H37FN4O7. The Morgan fingerprint density at radius 3 is 2.18 bits per heavy atom. The van der Waals surface area contributed by atoms with E-state index in [0.29, 0.717) is 34.7 Å². The highest BCUT2D eigenvalue weighted by atomic mass is 19.1. The third-order valence-electron chi connectivity index (χ3n) is 6.65. The highest BCUT2D eigenvalue weighted by Gasteiger charge is 2.26. The van der Waals surface area contributed by atoms with E-state index in [1.165, 1.54) is 32.4 Å². The number of ether oxygens (including phenoxy) is 2. The molecule has 0 aliphatic carbocycles. The molecule has 0 radical (unpaired) electrons. The van der Waals surface area contributed by atoms with Crippen molar-refractivity contribution in [2.75, 3.05) is 31.4 Å². The number of amides is 4. The Morgan fingerprint density at radius 2 is 1.57 bits per heavy atom. The quantitative estimate of drug-likeness (QED) is 0.180. The van der Waals surface area contributed by atoms with Gasteiger partial charge in [-0.1, -0.05) is 44.2 Å². The summed E-state index contributed by atoms with van der Waals surface area (Å²) in [6.07, 6.45) is 0.304. The molecule has 0 spiro atoms. The lowest BCUT2D eigenvalue weighted by molar-refractivity contribution is -0.139. The van der Waals surface area contributed by atoms with E-state index in [1.54, 1.807) is 48.5 Å². The van der Waals surface area contributed by atoms with Crippen LogP contribution >= 0.6 is 0 Å². The second kappa shape index (κ2) is 15.9. The van der Waals surface area contributed by atoms with Crippen molar-refractivity contribution in [1.82, 2.24) is 10.6 Å². The van der Waals surface area contributed by atoms with Crippen LogP contribution in [-0.4, -0.2) is 55.7 Å². The van der Waals surface area contributed by atoms with Gasteiger partial charge in [0.15, 0.2) is 11.5 Å². The number of rotatable bonds is 14. The molecule has 0 fully saturated rings. The Labute approximate surface area is 255 Å². The molecule has 0 aliphatic heterocycles. The number of hydrogen-bond donors (Lipinski definition) is 5. The number of methoxy groups -OCH3 is 2. The van der Waals surface area contributed by atoms with Crippen molar-refractivity contribution in [2.24, 2.45) is 5.92 Å². The maximum atomic E-state index is 13.8. The number of carboxylic acids is 1. The summed E-state index contributed by atoms with van der Waals surface area (Å²) in [5.74, 6) is -2.79. The standard InChI is InChI=1S/C32H37FN4O7/c1-19(2)15-26(30(39)34-18-23(31(40)41)21-11-14-27(43-3)28(17-21)44-4)36-29(38)16-20-9-12-22(13-10-20)35-32(42)37-25-8-6-5-7-24(25)33/h5-14,17,19,23,26H,15-16,18H2,1-4H3,(H,34,39)(H,36,38)(H,40,41)(H2,35,37,42)/t23?,26-/m0/s1. The van der Waals surface area contributed by atoms with Crippen LogP contribution in [0.3, 0.4) is 0 Å². The van der Waals surface area contributed by atoms with Gasteiger partial charge in [-0.05, 0) is 59.9 Å². The van der Waals surface area contributed by atoms with Crippen molar-refractivity contribution in [2.45, 2.75) is 38.6 Å². The lowest BCUT2D eigenvalue weighted by Gasteiger charge is -2.22. The topological polar surface area (TPSA) is 155 Å². The van der Waals surface area contributed by atoms with E-state index in [1.807, 2.05) is 13.8 Å². The Hall–Kier alpha value is -5.13. The first kappa shape index (κ1) is 33.4. The van der Waals surface area contributed by atoms with Gasteiger partial charge < -0.3 is 35.8 Å². The molecule has 11 nitrogen and oxygen atoms in total. The number of aliphatic carboxylic acids is 1. The number of urea groups is 1. The van der Waals surface area contributed by atoms with Gasteiger partial charge in [0.05, 0.1) is 32.2 Å².